The Morgan fingerprint density at radius 1 is 1.42 bits per heavy atom. The van der Waals surface area contributed by atoms with Gasteiger partial charge in [-0.1, -0.05) is 26.7 Å². The number of rotatable bonds is 1. The lowest BCUT2D eigenvalue weighted by Gasteiger charge is -2.35. The SMILES string of the molecule is CC1CCCC(n2c(=S)[nH]c3cc(Br)cnc32)C1C. The van der Waals surface area contributed by atoms with Gasteiger partial charge in [0.2, 0.25) is 0 Å². The van der Waals surface area contributed by atoms with Crippen LogP contribution in [-0.4, -0.2) is 14.5 Å². The number of nitrogens with zero attached hydrogens (tertiary/aromatic N) is 2. The molecule has 2 aromatic heterocycles. The summed E-state index contributed by atoms with van der Waals surface area (Å²) in [4.78, 5) is 7.84. The highest BCUT2D eigenvalue weighted by atomic mass is 79.9. The highest BCUT2D eigenvalue weighted by Gasteiger charge is 2.30. The zero-order valence-corrected chi connectivity index (χ0v) is 13.6. The van der Waals surface area contributed by atoms with Gasteiger partial charge in [0.1, 0.15) is 0 Å². The van der Waals surface area contributed by atoms with Crippen LogP contribution in [0.25, 0.3) is 11.2 Å². The van der Waals surface area contributed by atoms with Crippen molar-refractivity contribution in [2.24, 2.45) is 11.8 Å². The number of hydrogen-bond donors (Lipinski definition) is 1. The van der Waals surface area contributed by atoms with E-state index in [0.717, 1.165) is 26.3 Å². The van der Waals surface area contributed by atoms with Crippen LogP contribution in [0.1, 0.15) is 39.2 Å². The van der Waals surface area contributed by atoms with Crippen molar-refractivity contribution in [3.8, 4) is 0 Å². The van der Waals surface area contributed by atoms with Gasteiger partial charge in [-0.05, 0) is 52.5 Å². The minimum Gasteiger partial charge on any atom is -0.329 e. The van der Waals surface area contributed by atoms with Gasteiger partial charge >= 0.3 is 0 Å². The maximum absolute atomic E-state index is 5.52. The molecule has 3 unspecified atom stereocenters. The first-order chi connectivity index (χ1) is 9.08. The Morgan fingerprint density at radius 3 is 3.00 bits per heavy atom. The summed E-state index contributed by atoms with van der Waals surface area (Å²) in [6.07, 6.45) is 5.65. The summed E-state index contributed by atoms with van der Waals surface area (Å²) >= 11 is 8.98. The third kappa shape index (κ3) is 2.27. The van der Waals surface area contributed by atoms with Crippen molar-refractivity contribution in [2.75, 3.05) is 0 Å². The molecule has 1 N–H and O–H groups in total. The predicted molar refractivity (Wildman–Crippen MR) is 83.8 cm³/mol. The van der Waals surface area contributed by atoms with E-state index < -0.39 is 0 Å². The lowest BCUT2D eigenvalue weighted by atomic mass is 9.78. The number of nitrogens with one attached hydrogen (secondary N) is 1. The van der Waals surface area contributed by atoms with Crippen molar-refractivity contribution in [1.29, 1.82) is 0 Å². The van der Waals surface area contributed by atoms with Crippen LogP contribution in [0.15, 0.2) is 16.7 Å². The highest BCUT2D eigenvalue weighted by Crippen LogP contribution is 2.39. The van der Waals surface area contributed by atoms with E-state index in [9.17, 15) is 0 Å². The van der Waals surface area contributed by atoms with E-state index in [1.165, 1.54) is 19.3 Å². The zero-order chi connectivity index (χ0) is 13.6. The van der Waals surface area contributed by atoms with Gasteiger partial charge in [-0.15, -0.1) is 0 Å². The number of imidazole rings is 1. The number of pyridine rings is 1. The van der Waals surface area contributed by atoms with Gasteiger partial charge in [-0.2, -0.15) is 0 Å². The maximum atomic E-state index is 5.52. The standard InChI is InChI=1S/C14H18BrN3S/c1-8-4-3-5-12(9(8)2)18-13-11(17-14(18)19)6-10(15)7-16-13/h6-9,12H,3-5H2,1-2H3,(H,17,19). The van der Waals surface area contributed by atoms with E-state index >= 15 is 0 Å². The van der Waals surface area contributed by atoms with Gasteiger partial charge in [-0.25, -0.2) is 4.98 Å². The summed E-state index contributed by atoms with van der Waals surface area (Å²) in [7, 11) is 0. The van der Waals surface area contributed by atoms with E-state index in [1.807, 2.05) is 12.3 Å². The molecule has 1 saturated carbocycles. The van der Waals surface area contributed by atoms with E-state index in [-0.39, 0.29) is 0 Å². The number of H-pyrrole nitrogens is 1. The Hall–Kier alpha value is -0.680. The Balaban J connectivity index is 2.14. The average molecular weight is 340 g/mol. The number of fused-ring (bicyclic) bond motifs is 1. The number of hydrogen-bond acceptors (Lipinski definition) is 2. The molecule has 1 aliphatic carbocycles. The first-order valence-corrected chi connectivity index (χ1v) is 8.04. The Morgan fingerprint density at radius 2 is 2.21 bits per heavy atom. The summed E-state index contributed by atoms with van der Waals surface area (Å²) in [5.74, 6) is 1.39. The number of aromatic nitrogens is 3. The predicted octanol–water partition coefficient (Wildman–Crippen LogP) is 4.85. The van der Waals surface area contributed by atoms with Crippen LogP contribution in [0.3, 0.4) is 0 Å². The normalized spacial score (nSPS) is 27.8. The second-order valence-corrected chi connectivity index (χ2v) is 6.96. The second kappa shape index (κ2) is 5.02. The molecule has 0 amide bonds. The van der Waals surface area contributed by atoms with E-state index in [2.05, 4.69) is 44.3 Å². The summed E-state index contributed by atoms with van der Waals surface area (Å²) in [6, 6.07) is 2.52. The largest absolute Gasteiger partial charge is 0.329 e. The van der Waals surface area contributed by atoms with Gasteiger partial charge in [0.25, 0.3) is 0 Å². The van der Waals surface area contributed by atoms with E-state index in [4.69, 9.17) is 12.2 Å². The monoisotopic (exact) mass is 339 g/mol. The third-order valence-electron chi connectivity index (χ3n) is 4.52. The fourth-order valence-corrected chi connectivity index (χ4v) is 3.88. The lowest BCUT2D eigenvalue weighted by molar-refractivity contribution is 0.188. The Labute approximate surface area is 126 Å². The third-order valence-corrected chi connectivity index (χ3v) is 5.25. The fourth-order valence-electron chi connectivity index (χ4n) is 3.21. The molecule has 3 atom stereocenters. The van der Waals surface area contributed by atoms with Crippen LogP contribution in [0, 0.1) is 16.6 Å². The number of halogens is 1. The molecular formula is C14H18BrN3S. The Bertz CT molecular complexity index is 660. The summed E-state index contributed by atoms with van der Waals surface area (Å²) in [6.45, 7) is 4.69. The van der Waals surface area contributed by atoms with Crippen LogP contribution in [0.5, 0.6) is 0 Å². The molecule has 1 fully saturated rings. The van der Waals surface area contributed by atoms with Crippen LogP contribution in [0.4, 0.5) is 0 Å². The van der Waals surface area contributed by atoms with Gasteiger partial charge in [0.15, 0.2) is 10.4 Å². The van der Waals surface area contributed by atoms with Gasteiger partial charge in [0.05, 0.1) is 5.52 Å². The molecule has 3 rings (SSSR count). The molecule has 2 heterocycles. The summed E-state index contributed by atoms with van der Waals surface area (Å²) in [5, 5.41) is 0. The highest BCUT2D eigenvalue weighted by molar-refractivity contribution is 9.10. The first-order valence-electron chi connectivity index (χ1n) is 6.83. The number of aromatic amines is 1. The van der Waals surface area contributed by atoms with Crippen molar-refractivity contribution in [2.45, 2.75) is 39.2 Å². The average Bonchev–Trinajstić information content (AvgIpc) is 2.68. The van der Waals surface area contributed by atoms with Gasteiger partial charge in [-0.3, -0.25) is 4.57 Å². The maximum Gasteiger partial charge on any atom is 0.179 e. The molecule has 102 valence electrons. The summed E-state index contributed by atoms with van der Waals surface area (Å²) in [5.41, 5.74) is 2.00. The molecule has 1 aliphatic rings. The van der Waals surface area contributed by atoms with Crippen molar-refractivity contribution >= 4 is 39.3 Å². The minimum absolute atomic E-state index is 0.471. The molecule has 2 aromatic rings. The van der Waals surface area contributed by atoms with Crippen molar-refractivity contribution in [3.05, 3.63) is 21.5 Å². The molecule has 0 radical (unpaired) electrons. The molecule has 0 saturated heterocycles. The Kier molecular flexibility index (Phi) is 3.52. The molecule has 3 nitrogen and oxygen atoms in total. The second-order valence-electron chi connectivity index (χ2n) is 5.66. The first kappa shape index (κ1) is 13.3. The zero-order valence-electron chi connectivity index (χ0n) is 11.2. The van der Waals surface area contributed by atoms with Gasteiger partial charge in [0, 0.05) is 16.7 Å². The topological polar surface area (TPSA) is 33.6 Å². The van der Waals surface area contributed by atoms with Crippen LogP contribution in [-0.2, 0) is 0 Å². The van der Waals surface area contributed by atoms with Crippen molar-refractivity contribution in [3.63, 3.8) is 0 Å². The van der Waals surface area contributed by atoms with E-state index in [1.54, 1.807) is 0 Å². The molecule has 19 heavy (non-hydrogen) atoms. The lowest BCUT2D eigenvalue weighted by Crippen LogP contribution is -2.27. The molecular weight excluding hydrogens is 322 g/mol. The smallest absolute Gasteiger partial charge is 0.179 e. The van der Waals surface area contributed by atoms with Crippen molar-refractivity contribution in [1.82, 2.24) is 14.5 Å². The van der Waals surface area contributed by atoms with Crippen LogP contribution < -0.4 is 0 Å². The van der Waals surface area contributed by atoms with Gasteiger partial charge < -0.3 is 4.98 Å². The molecule has 5 heteroatoms. The molecule has 0 aliphatic heterocycles. The summed E-state index contributed by atoms with van der Waals surface area (Å²) < 4.78 is 4.01. The van der Waals surface area contributed by atoms with Crippen LogP contribution >= 0.6 is 28.1 Å². The minimum atomic E-state index is 0.471. The quantitative estimate of drug-likeness (QED) is 0.753. The van der Waals surface area contributed by atoms with Crippen LogP contribution in [0.2, 0.25) is 0 Å². The molecule has 0 bridgehead atoms. The van der Waals surface area contributed by atoms with Crippen molar-refractivity contribution < 1.29 is 0 Å². The van der Waals surface area contributed by atoms with E-state index in [0.29, 0.717) is 12.0 Å². The molecule has 0 spiro atoms. The molecule has 0 aromatic carbocycles. The fraction of sp³-hybridized carbons (Fsp3) is 0.571.